The molecule has 40 heavy (non-hydrogen) atoms. The van der Waals surface area contributed by atoms with Crippen LogP contribution in [-0.4, -0.2) is 16.1 Å². The normalized spacial score (nSPS) is 11.5. The smallest absolute Gasteiger partial charge is 0.418 e. The maximum absolute atomic E-state index is 13.9. The molecular weight excluding hydrogens is 515 g/mol. The first-order valence-corrected chi connectivity index (χ1v) is 12.7. The molecule has 4 aromatic carbocycles. The van der Waals surface area contributed by atoms with E-state index < -0.39 is 17.7 Å². The summed E-state index contributed by atoms with van der Waals surface area (Å²) in [6.45, 7) is 2.26. The molecule has 1 aromatic heterocycles. The minimum absolute atomic E-state index is 0.0516. The van der Waals surface area contributed by atoms with Crippen molar-refractivity contribution in [2.45, 2.75) is 32.5 Å². The minimum atomic E-state index is -4.54. The number of alkyl halides is 3. The van der Waals surface area contributed by atoms with E-state index in [2.05, 4.69) is 4.98 Å². The van der Waals surface area contributed by atoms with Gasteiger partial charge in [-0.15, -0.1) is 0 Å². The van der Waals surface area contributed by atoms with Gasteiger partial charge in [0.1, 0.15) is 12.4 Å². The number of fused-ring (bicyclic) bond motifs is 1. The molecule has 0 saturated heterocycles. The highest BCUT2D eigenvalue weighted by molar-refractivity contribution is 5.98. The van der Waals surface area contributed by atoms with Gasteiger partial charge in [-0.2, -0.15) is 13.2 Å². The Balaban J connectivity index is 1.53. The highest BCUT2D eigenvalue weighted by atomic mass is 19.4. The third-order valence-electron chi connectivity index (χ3n) is 6.83. The van der Waals surface area contributed by atoms with E-state index in [-0.39, 0.29) is 18.5 Å². The molecule has 0 atom stereocenters. The summed E-state index contributed by atoms with van der Waals surface area (Å²) in [6.07, 6.45) is -2.53. The van der Waals surface area contributed by atoms with Crippen LogP contribution in [0.2, 0.25) is 0 Å². The molecule has 1 heterocycles. The Morgan fingerprint density at radius 1 is 0.875 bits per heavy atom. The fourth-order valence-corrected chi connectivity index (χ4v) is 4.82. The molecule has 0 bridgehead atoms. The Morgan fingerprint density at radius 3 is 2.33 bits per heavy atom. The van der Waals surface area contributed by atoms with Gasteiger partial charge in [0.05, 0.1) is 17.5 Å². The van der Waals surface area contributed by atoms with Crippen LogP contribution in [0.3, 0.4) is 0 Å². The topological polar surface area (TPSA) is 59.4 Å². The molecule has 0 aliphatic carbocycles. The molecule has 0 aliphatic heterocycles. The average molecular weight is 542 g/mol. The Labute approximate surface area is 229 Å². The predicted octanol–water partition coefficient (Wildman–Crippen LogP) is 8.03. The molecule has 0 saturated carbocycles. The van der Waals surface area contributed by atoms with Crippen molar-refractivity contribution in [3.8, 4) is 16.9 Å². The minimum Gasteiger partial charge on any atom is -0.489 e. The summed E-state index contributed by atoms with van der Waals surface area (Å²) in [4.78, 5) is 15.2. The van der Waals surface area contributed by atoms with Crippen molar-refractivity contribution in [1.82, 2.24) is 4.98 Å². The summed E-state index contributed by atoms with van der Waals surface area (Å²) < 4.78 is 47.7. The van der Waals surface area contributed by atoms with Gasteiger partial charge in [0, 0.05) is 11.6 Å². The largest absolute Gasteiger partial charge is 0.489 e. The number of aliphatic carboxylic acids is 1. The van der Waals surface area contributed by atoms with Crippen molar-refractivity contribution in [2.24, 2.45) is 0 Å². The summed E-state index contributed by atoms with van der Waals surface area (Å²) in [7, 11) is 0. The molecule has 5 aromatic rings. The van der Waals surface area contributed by atoms with Crippen LogP contribution in [0.5, 0.6) is 5.75 Å². The zero-order valence-electron chi connectivity index (χ0n) is 21.7. The maximum Gasteiger partial charge on any atom is 0.418 e. The van der Waals surface area contributed by atoms with Crippen LogP contribution in [-0.2, 0) is 30.4 Å². The van der Waals surface area contributed by atoms with Gasteiger partial charge in [-0.1, -0.05) is 72.8 Å². The van der Waals surface area contributed by atoms with Crippen LogP contribution in [0, 0.1) is 6.92 Å². The lowest BCUT2D eigenvalue weighted by Crippen LogP contribution is -2.07. The van der Waals surface area contributed by atoms with E-state index in [1.165, 1.54) is 6.07 Å². The molecule has 0 spiro atoms. The van der Waals surface area contributed by atoms with Gasteiger partial charge in [0.25, 0.3) is 0 Å². The van der Waals surface area contributed by atoms with Crippen LogP contribution in [0.15, 0.2) is 97.2 Å². The molecule has 0 amide bonds. The van der Waals surface area contributed by atoms with Crippen molar-refractivity contribution >= 4 is 16.9 Å². The molecule has 1 N–H and O–H groups in total. The van der Waals surface area contributed by atoms with E-state index in [4.69, 9.17) is 9.84 Å². The predicted molar refractivity (Wildman–Crippen MR) is 148 cm³/mol. The Bertz CT molecular complexity index is 1680. The Hall–Kier alpha value is -4.65. The number of benzene rings is 4. The monoisotopic (exact) mass is 541 g/mol. The quantitative estimate of drug-likeness (QED) is 0.216. The number of para-hydroxylation sites is 1. The number of carboxylic acid groups (broad SMARTS) is 1. The molecule has 202 valence electrons. The highest BCUT2D eigenvalue weighted by Crippen LogP contribution is 2.39. The van der Waals surface area contributed by atoms with Crippen molar-refractivity contribution < 1.29 is 27.8 Å². The zero-order chi connectivity index (χ0) is 28.3. The summed E-state index contributed by atoms with van der Waals surface area (Å²) in [5.41, 5.74) is 5.07. The number of rotatable bonds is 8. The van der Waals surface area contributed by atoms with Gasteiger partial charge in [-0.3, -0.25) is 9.78 Å². The van der Waals surface area contributed by atoms with Gasteiger partial charge in [-0.05, 0) is 70.5 Å². The second-order valence-corrected chi connectivity index (χ2v) is 9.66. The number of hydrogen-bond donors (Lipinski definition) is 1. The number of carbonyl (C=O) groups is 1. The fourth-order valence-electron chi connectivity index (χ4n) is 4.82. The van der Waals surface area contributed by atoms with Gasteiger partial charge in [0.2, 0.25) is 0 Å². The molecule has 0 radical (unpaired) electrons. The van der Waals surface area contributed by atoms with E-state index in [0.717, 1.165) is 33.9 Å². The van der Waals surface area contributed by atoms with Crippen molar-refractivity contribution in [1.29, 1.82) is 0 Å². The molecule has 0 unspecified atom stereocenters. The number of pyridine rings is 1. The van der Waals surface area contributed by atoms with Crippen LogP contribution < -0.4 is 4.74 Å². The van der Waals surface area contributed by atoms with Crippen molar-refractivity contribution in [3.63, 3.8) is 0 Å². The molecular formula is C33H26F3NO3. The summed E-state index contributed by atoms with van der Waals surface area (Å²) in [5.74, 6) is -0.334. The van der Waals surface area contributed by atoms with Crippen LogP contribution >= 0.6 is 0 Å². The first-order valence-electron chi connectivity index (χ1n) is 12.7. The lowest BCUT2D eigenvalue weighted by molar-refractivity contribution is -0.137. The highest BCUT2D eigenvalue weighted by Gasteiger charge is 2.33. The van der Waals surface area contributed by atoms with Gasteiger partial charge in [0.15, 0.2) is 0 Å². The maximum atomic E-state index is 13.9. The average Bonchev–Trinajstić information content (AvgIpc) is 2.93. The van der Waals surface area contributed by atoms with Crippen molar-refractivity contribution in [2.75, 3.05) is 0 Å². The molecule has 0 fully saturated rings. The van der Waals surface area contributed by atoms with Crippen LogP contribution in [0.4, 0.5) is 13.2 Å². The standard InChI is InChI=1S/C33H26F3NO3/c1-21-6-2-3-7-24(21)17-26-19-37-32-28(10-5-11-29(32)33(34,35)36)31(26)25-8-4-9-27(18-25)40-20-23-14-12-22(13-15-23)16-30(38)39/h2-15,18-19H,16-17,20H2,1H3,(H,38,39). The van der Waals surface area contributed by atoms with Gasteiger partial charge in [-0.25, -0.2) is 0 Å². The van der Waals surface area contributed by atoms with E-state index in [0.29, 0.717) is 28.7 Å². The number of carboxylic acids is 1. The molecule has 5 rings (SSSR count). The third kappa shape index (κ3) is 5.99. The zero-order valence-corrected chi connectivity index (χ0v) is 21.7. The number of hydrogen-bond acceptors (Lipinski definition) is 3. The Kier molecular flexibility index (Phi) is 7.56. The number of nitrogens with zero attached hydrogens (tertiary/aromatic N) is 1. The summed E-state index contributed by atoms with van der Waals surface area (Å²) >= 11 is 0. The van der Waals surface area contributed by atoms with Crippen LogP contribution in [0.1, 0.15) is 33.4 Å². The van der Waals surface area contributed by atoms with E-state index in [9.17, 15) is 18.0 Å². The first-order chi connectivity index (χ1) is 19.2. The van der Waals surface area contributed by atoms with E-state index in [1.54, 1.807) is 30.5 Å². The second-order valence-electron chi connectivity index (χ2n) is 9.66. The SMILES string of the molecule is Cc1ccccc1Cc1cnc2c(C(F)(F)F)cccc2c1-c1cccc(OCc2ccc(CC(=O)O)cc2)c1. The van der Waals surface area contributed by atoms with E-state index >= 15 is 0 Å². The van der Waals surface area contributed by atoms with Crippen LogP contribution in [0.25, 0.3) is 22.0 Å². The van der Waals surface area contributed by atoms with Gasteiger partial charge >= 0.3 is 12.1 Å². The number of aryl methyl sites for hydroxylation is 1. The molecule has 4 nitrogen and oxygen atoms in total. The van der Waals surface area contributed by atoms with Gasteiger partial charge < -0.3 is 9.84 Å². The molecule has 0 aliphatic rings. The number of ether oxygens (including phenoxy) is 1. The lowest BCUT2D eigenvalue weighted by atomic mass is 9.91. The summed E-state index contributed by atoms with van der Waals surface area (Å²) in [5, 5.41) is 9.38. The molecule has 7 heteroatoms. The lowest BCUT2D eigenvalue weighted by Gasteiger charge is -2.17. The third-order valence-corrected chi connectivity index (χ3v) is 6.83. The number of halogens is 3. The Morgan fingerprint density at radius 2 is 1.60 bits per heavy atom. The fraction of sp³-hybridized carbons (Fsp3) is 0.152. The first kappa shape index (κ1) is 26.9. The number of aromatic nitrogens is 1. The summed E-state index contributed by atoms with van der Waals surface area (Å²) in [6, 6.07) is 26.5. The van der Waals surface area contributed by atoms with Crippen molar-refractivity contribution in [3.05, 3.63) is 131 Å². The van der Waals surface area contributed by atoms with E-state index in [1.807, 2.05) is 61.5 Å². The second kappa shape index (κ2) is 11.2.